The molecule has 7 heteroatoms. The SMILES string of the molecule is CC(=O)NC(CC(=O)OCc1nc(-c2ccccc2)no1)c1ccc(C)cc1. The van der Waals surface area contributed by atoms with Crippen LogP contribution in [0.25, 0.3) is 11.4 Å². The maximum atomic E-state index is 12.3. The Morgan fingerprint density at radius 2 is 1.82 bits per heavy atom. The monoisotopic (exact) mass is 379 g/mol. The molecule has 3 rings (SSSR count). The van der Waals surface area contributed by atoms with Crippen LogP contribution in [-0.4, -0.2) is 22.0 Å². The topological polar surface area (TPSA) is 94.3 Å². The first-order valence-corrected chi connectivity index (χ1v) is 8.88. The van der Waals surface area contributed by atoms with E-state index in [0.717, 1.165) is 16.7 Å². The lowest BCUT2D eigenvalue weighted by Gasteiger charge is -2.17. The molecule has 1 aromatic heterocycles. The molecule has 1 amide bonds. The minimum Gasteiger partial charge on any atom is -0.455 e. The van der Waals surface area contributed by atoms with Gasteiger partial charge < -0.3 is 14.6 Å². The van der Waals surface area contributed by atoms with E-state index < -0.39 is 12.0 Å². The van der Waals surface area contributed by atoms with Crippen molar-refractivity contribution in [1.82, 2.24) is 15.5 Å². The summed E-state index contributed by atoms with van der Waals surface area (Å²) in [6.45, 7) is 3.26. The maximum absolute atomic E-state index is 12.3. The number of aryl methyl sites for hydroxylation is 1. The Balaban J connectivity index is 1.59. The molecule has 28 heavy (non-hydrogen) atoms. The number of rotatable bonds is 7. The molecule has 0 aliphatic heterocycles. The molecule has 0 saturated heterocycles. The first-order valence-electron chi connectivity index (χ1n) is 8.88. The molecular formula is C21H21N3O4. The zero-order valence-corrected chi connectivity index (χ0v) is 15.7. The van der Waals surface area contributed by atoms with Crippen LogP contribution >= 0.6 is 0 Å². The maximum Gasteiger partial charge on any atom is 0.308 e. The minimum absolute atomic E-state index is 0.00230. The van der Waals surface area contributed by atoms with Crippen LogP contribution in [-0.2, 0) is 20.9 Å². The number of hydrogen-bond donors (Lipinski definition) is 1. The van der Waals surface area contributed by atoms with Crippen LogP contribution in [0.2, 0.25) is 0 Å². The van der Waals surface area contributed by atoms with Gasteiger partial charge in [0, 0.05) is 12.5 Å². The van der Waals surface area contributed by atoms with Gasteiger partial charge in [-0.2, -0.15) is 4.98 Å². The number of ether oxygens (including phenoxy) is 1. The highest BCUT2D eigenvalue weighted by molar-refractivity contribution is 5.76. The third kappa shape index (κ3) is 5.26. The molecule has 2 aromatic carbocycles. The van der Waals surface area contributed by atoms with Crippen molar-refractivity contribution in [3.63, 3.8) is 0 Å². The molecule has 144 valence electrons. The van der Waals surface area contributed by atoms with Crippen molar-refractivity contribution in [2.24, 2.45) is 0 Å². The molecule has 1 heterocycles. The quantitative estimate of drug-likeness (QED) is 0.633. The largest absolute Gasteiger partial charge is 0.455 e. The number of carbonyl (C=O) groups excluding carboxylic acids is 2. The Labute approximate surface area is 162 Å². The summed E-state index contributed by atoms with van der Waals surface area (Å²) >= 11 is 0. The second-order valence-electron chi connectivity index (χ2n) is 6.41. The summed E-state index contributed by atoms with van der Waals surface area (Å²) in [5.74, 6) is -0.0531. The van der Waals surface area contributed by atoms with Crippen molar-refractivity contribution in [1.29, 1.82) is 0 Å². The standard InChI is InChI=1S/C21H21N3O4/c1-14-8-10-16(11-9-14)18(22-15(2)25)12-20(26)27-13-19-23-21(24-28-19)17-6-4-3-5-7-17/h3-11,18H,12-13H2,1-2H3,(H,22,25). The average Bonchev–Trinajstić information content (AvgIpc) is 3.16. The molecule has 0 fully saturated rings. The van der Waals surface area contributed by atoms with Crippen LogP contribution in [0.4, 0.5) is 0 Å². The Bertz CT molecular complexity index is 936. The number of hydrogen-bond acceptors (Lipinski definition) is 6. The molecule has 1 atom stereocenters. The van der Waals surface area contributed by atoms with Gasteiger partial charge in [-0.25, -0.2) is 0 Å². The van der Waals surface area contributed by atoms with Gasteiger partial charge in [-0.1, -0.05) is 65.3 Å². The van der Waals surface area contributed by atoms with E-state index in [2.05, 4.69) is 15.5 Å². The molecule has 0 radical (unpaired) electrons. The van der Waals surface area contributed by atoms with Crippen molar-refractivity contribution in [3.8, 4) is 11.4 Å². The molecule has 0 aliphatic carbocycles. The van der Waals surface area contributed by atoms with Gasteiger partial charge in [0.05, 0.1) is 12.5 Å². The molecule has 1 unspecified atom stereocenters. The van der Waals surface area contributed by atoms with Crippen molar-refractivity contribution in [2.75, 3.05) is 0 Å². The van der Waals surface area contributed by atoms with Gasteiger partial charge in [0.25, 0.3) is 5.89 Å². The summed E-state index contributed by atoms with van der Waals surface area (Å²) in [7, 11) is 0. The van der Waals surface area contributed by atoms with Gasteiger partial charge >= 0.3 is 5.97 Å². The normalized spacial score (nSPS) is 11.6. The van der Waals surface area contributed by atoms with Gasteiger partial charge in [-0.15, -0.1) is 0 Å². The van der Waals surface area contributed by atoms with E-state index in [1.54, 1.807) is 0 Å². The Morgan fingerprint density at radius 3 is 2.50 bits per heavy atom. The van der Waals surface area contributed by atoms with Gasteiger partial charge in [0.1, 0.15) is 0 Å². The highest BCUT2D eigenvalue weighted by Gasteiger charge is 2.19. The lowest BCUT2D eigenvalue weighted by Crippen LogP contribution is -2.28. The van der Waals surface area contributed by atoms with Crippen LogP contribution < -0.4 is 5.32 Å². The van der Waals surface area contributed by atoms with E-state index in [4.69, 9.17) is 9.26 Å². The minimum atomic E-state index is -0.473. The molecule has 0 saturated carbocycles. The molecule has 7 nitrogen and oxygen atoms in total. The van der Waals surface area contributed by atoms with Crippen molar-refractivity contribution in [3.05, 3.63) is 71.6 Å². The van der Waals surface area contributed by atoms with E-state index in [9.17, 15) is 9.59 Å². The molecule has 1 N–H and O–H groups in total. The van der Waals surface area contributed by atoms with Crippen molar-refractivity contribution in [2.45, 2.75) is 32.9 Å². The van der Waals surface area contributed by atoms with Crippen molar-refractivity contribution >= 4 is 11.9 Å². The summed E-state index contributed by atoms with van der Waals surface area (Å²) < 4.78 is 10.4. The molecule has 0 spiro atoms. The Hall–Kier alpha value is -3.48. The zero-order valence-electron chi connectivity index (χ0n) is 15.7. The lowest BCUT2D eigenvalue weighted by atomic mass is 10.0. The fraction of sp³-hybridized carbons (Fsp3) is 0.238. The second kappa shape index (κ2) is 8.94. The summed E-state index contributed by atoms with van der Waals surface area (Å²) in [5, 5.41) is 6.67. The summed E-state index contributed by atoms with van der Waals surface area (Å²) in [6.07, 6.45) is 0.00230. The molecule has 0 bridgehead atoms. The number of benzene rings is 2. The number of aromatic nitrogens is 2. The van der Waals surface area contributed by atoms with Crippen molar-refractivity contribution < 1.29 is 18.8 Å². The average molecular weight is 379 g/mol. The van der Waals surface area contributed by atoms with E-state index >= 15 is 0 Å². The van der Waals surface area contributed by atoms with Gasteiger partial charge in [0.15, 0.2) is 6.61 Å². The number of carbonyl (C=O) groups is 2. The Morgan fingerprint density at radius 1 is 1.11 bits per heavy atom. The van der Waals surface area contributed by atoms with E-state index in [1.807, 2.05) is 61.5 Å². The second-order valence-corrected chi connectivity index (χ2v) is 6.41. The van der Waals surface area contributed by atoms with Crippen LogP contribution in [0.15, 0.2) is 59.1 Å². The lowest BCUT2D eigenvalue weighted by molar-refractivity contribution is -0.146. The van der Waals surface area contributed by atoms with E-state index in [0.29, 0.717) is 5.82 Å². The molecule has 0 aliphatic rings. The highest BCUT2D eigenvalue weighted by Crippen LogP contribution is 2.19. The Kier molecular flexibility index (Phi) is 6.16. The highest BCUT2D eigenvalue weighted by atomic mass is 16.6. The van der Waals surface area contributed by atoms with Gasteiger partial charge in [0.2, 0.25) is 11.7 Å². The summed E-state index contributed by atoms with van der Waals surface area (Å²) in [6, 6.07) is 16.5. The fourth-order valence-electron chi connectivity index (χ4n) is 2.68. The van der Waals surface area contributed by atoms with E-state index in [-0.39, 0.29) is 24.8 Å². The molecular weight excluding hydrogens is 358 g/mol. The zero-order chi connectivity index (χ0) is 19.9. The third-order valence-electron chi connectivity index (χ3n) is 4.08. The van der Waals surface area contributed by atoms with Crippen LogP contribution in [0, 0.1) is 6.92 Å². The number of amides is 1. The number of esters is 1. The predicted octanol–water partition coefficient (Wildman–Crippen LogP) is 3.36. The number of nitrogens with one attached hydrogen (secondary N) is 1. The fourth-order valence-corrected chi connectivity index (χ4v) is 2.68. The van der Waals surface area contributed by atoms with Crippen LogP contribution in [0.3, 0.4) is 0 Å². The number of nitrogens with zero attached hydrogens (tertiary/aromatic N) is 2. The summed E-state index contributed by atoms with van der Waals surface area (Å²) in [4.78, 5) is 28.0. The smallest absolute Gasteiger partial charge is 0.308 e. The first-order chi connectivity index (χ1) is 13.5. The van der Waals surface area contributed by atoms with E-state index in [1.165, 1.54) is 6.92 Å². The molecule has 3 aromatic rings. The van der Waals surface area contributed by atoms with Gasteiger partial charge in [-0.05, 0) is 12.5 Å². The van der Waals surface area contributed by atoms with Gasteiger partial charge in [-0.3, -0.25) is 9.59 Å². The third-order valence-corrected chi connectivity index (χ3v) is 4.08. The first kappa shape index (κ1) is 19.3. The van der Waals surface area contributed by atoms with Crippen LogP contribution in [0.1, 0.15) is 36.4 Å². The summed E-state index contributed by atoms with van der Waals surface area (Å²) in [5.41, 5.74) is 2.74. The van der Waals surface area contributed by atoms with Crippen LogP contribution in [0.5, 0.6) is 0 Å². The predicted molar refractivity (Wildman–Crippen MR) is 102 cm³/mol.